The third kappa shape index (κ3) is 3.24. The number of hydrogen-bond donors (Lipinski definition) is 1. The van der Waals surface area contributed by atoms with Crippen molar-refractivity contribution in [1.82, 2.24) is 19.8 Å². The Bertz CT molecular complexity index is 875. The molecule has 1 saturated heterocycles. The molecule has 0 spiro atoms. The van der Waals surface area contributed by atoms with Crippen LogP contribution in [0.15, 0.2) is 16.7 Å². The van der Waals surface area contributed by atoms with E-state index in [-0.39, 0.29) is 30.2 Å². The van der Waals surface area contributed by atoms with Crippen LogP contribution in [0.4, 0.5) is 19.0 Å². The van der Waals surface area contributed by atoms with Gasteiger partial charge in [-0.25, -0.2) is 4.68 Å². The number of likely N-dealkylation sites (tertiary alicyclic amines) is 1. The number of nitrogens with one attached hydrogen (secondary N) is 1. The van der Waals surface area contributed by atoms with Crippen molar-refractivity contribution in [2.75, 3.05) is 11.9 Å². The van der Waals surface area contributed by atoms with Gasteiger partial charge in [0.1, 0.15) is 5.82 Å². The lowest BCUT2D eigenvalue weighted by molar-refractivity contribution is -0.173. The summed E-state index contributed by atoms with van der Waals surface area (Å²) in [6, 6.07) is 0.874. The fraction of sp³-hybridized carbons (Fsp3) is 0.611. The van der Waals surface area contributed by atoms with E-state index in [1.54, 1.807) is 24.0 Å². The lowest BCUT2D eigenvalue weighted by atomic mass is 10.1. The van der Waals surface area contributed by atoms with Crippen molar-refractivity contribution in [3.8, 4) is 0 Å². The maximum atomic E-state index is 13.5. The van der Waals surface area contributed by atoms with Gasteiger partial charge in [-0.2, -0.15) is 18.3 Å². The summed E-state index contributed by atoms with van der Waals surface area (Å²) in [4.78, 5) is 14.5. The minimum Gasteiger partial charge on any atom is -0.368 e. The third-order valence-electron chi connectivity index (χ3n) is 5.39. The van der Waals surface area contributed by atoms with E-state index in [4.69, 9.17) is 4.52 Å². The standard InChI is InChI=1S/C18H22F3N5O2/c1-3-11-8-14(28-24-11)17(27)25-6-4-5-13(25)12-9-16-22-10(2)7-15(18(19,20)21)26(16)23-12/h8-10,13,15,22H,3-7H2,1-2H3/t10-,13+,15-/m1/s1. The number of halogens is 3. The first-order chi connectivity index (χ1) is 13.3. The molecule has 1 N–H and O–H groups in total. The quantitative estimate of drug-likeness (QED) is 0.854. The van der Waals surface area contributed by atoms with Crippen LogP contribution < -0.4 is 5.32 Å². The van der Waals surface area contributed by atoms with E-state index in [9.17, 15) is 18.0 Å². The van der Waals surface area contributed by atoms with Crippen LogP contribution in [0.25, 0.3) is 0 Å². The molecule has 4 rings (SSSR count). The molecule has 2 aliphatic heterocycles. The van der Waals surface area contributed by atoms with Crippen molar-refractivity contribution < 1.29 is 22.5 Å². The van der Waals surface area contributed by atoms with E-state index < -0.39 is 12.2 Å². The monoisotopic (exact) mass is 397 g/mol. The average molecular weight is 397 g/mol. The van der Waals surface area contributed by atoms with Crippen LogP contribution in [-0.4, -0.2) is 44.5 Å². The number of aryl methyl sites for hydroxylation is 1. The highest BCUT2D eigenvalue weighted by Crippen LogP contribution is 2.41. The molecular formula is C18H22F3N5O2. The maximum Gasteiger partial charge on any atom is 0.410 e. The lowest BCUT2D eigenvalue weighted by Gasteiger charge is -2.31. The number of rotatable bonds is 3. The smallest absolute Gasteiger partial charge is 0.368 e. The van der Waals surface area contributed by atoms with Gasteiger partial charge in [0.25, 0.3) is 5.91 Å². The van der Waals surface area contributed by atoms with Gasteiger partial charge < -0.3 is 14.7 Å². The zero-order valence-corrected chi connectivity index (χ0v) is 15.7. The second-order valence-electron chi connectivity index (χ2n) is 7.43. The normalized spacial score (nSPS) is 24.9. The van der Waals surface area contributed by atoms with Gasteiger partial charge >= 0.3 is 6.18 Å². The van der Waals surface area contributed by atoms with Crippen LogP contribution in [0.2, 0.25) is 0 Å². The molecule has 7 nitrogen and oxygen atoms in total. The van der Waals surface area contributed by atoms with Crippen molar-refractivity contribution in [2.45, 2.75) is 63.8 Å². The van der Waals surface area contributed by atoms with Gasteiger partial charge in [0.2, 0.25) is 5.76 Å². The second kappa shape index (κ2) is 6.82. The SMILES string of the molecule is CCc1cc(C(=O)N2CCC[C@H]2c2cc3n(n2)[C@@H](C(F)(F)F)C[C@@H](C)N3)on1. The fourth-order valence-corrected chi connectivity index (χ4v) is 3.98. The first-order valence-electron chi connectivity index (χ1n) is 9.47. The number of aromatic nitrogens is 3. The highest BCUT2D eigenvalue weighted by molar-refractivity contribution is 5.92. The van der Waals surface area contributed by atoms with Crippen molar-refractivity contribution in [3.05, 3.63) is 29.3 Å². The van der Waals surface area contributed by atoms with Crippen LogP contribution in [0.5, 0.6) is 0 Å². The predicted octanol–water partition coefficient (Wildman–Crippen LogP) is 3.72. The van der Waals surface area contributed by atoms with E-state index in [1.165, 1.54) is 0 Å². The maximum absolute atomic E-state index is 13.5. The topological polar surface area (TPSA) is 76.2 Å². The summed E-state index contributed by atoms with van der Waals surface area (Å²) in [6.45, 7) is 4.13. The fourth-order valence-electron chi connectivity index (χ4n) is 3.98. The minimum atomic E-state index is -4.38. The highest BCUT2D eigenvalue weighted by atomic mass is 19.4. The van der Waals surface area contributed by atoms with Gasteiger partial charge in [0.15, 0.2) is 6.04 Å². The van der Waals surface area contributed by atoms with E-state index in [2.05, 4.69) is 15.6 Å². The third-order valence-corrected chi connectivity index (χ3v) is 5.39. The first-order valence-corrected chi connectivity index (χ1v) is 9.47. The Balaban J connectivity index is 1.63. The summed E-state index contributed by atoms with van der Waals surface area (Å²) < 4.78 is 46.6. The molecule has 0 unspecified atom stereocenters. The molecule has 1 amide bonds. The van der Waals surface area contributed by atoms with Gasteiger partial charge in [-0.05, 0) is 32.6 Å². The zero-order valence-electron chi connectivity index (χ0n) is 15.7. The Morgan fingerprint density at radius 3 is 2.86 bits per heavy atom. The molecule has 0 aromatic carbocycles. The molecule has 0 bridgehead atoms. The first kappa shape index (κ1) is 18.8. The van der Waals surface area contributed by atoms with Crippen LogP contribution in [0.1, 0.15) is 67.1 Å². The Labute approximate surface area is 159 Å². The molecule has 152 valence electrons. The van der Waals surface area contributed by atoms with Crippen LogP contribution >= 0.6 is 0 Å². The second-order valence-corrected chi connectivity index (χ2v) is 7.43. The number of amides is 1. The molecule has 0 radical (unpaired) electrons. The van der Waals surface area contributed by atoms with Gasteiger partial charge in [0, 0.05) is 24.7 Å². The summed E-state index contributed by atoms with van der Waals surface area (Å²) in [5, 5.41) is 11.2. The molecule has 3 atom stereocenters. The molecule has 2 aromatic rings. The minimum absolute atomic E-state index is 0.0806. The number of carbonyl (C=O) groups is 1. The van der Waals surface area contributed by atoms with Gasteiger partial charge in [-0.1, -0.05) is 12.1 Å². The average Bonchev–Trinajstić information content (AvgIpc) is 3.37. The molecule has 2 aromatic heterocycles. The lowest BCUT2D eigenvalue weighted by Crippen LogP contribution is -2.38. The van der Waals surface area contributed by atoms with Crippen LogP contribution in [-0.2, 0) is 6.42 Å². The highest BCUT2D eigenvalue weighted by Gasteiger charge is 2.46. The predicted molar refractivity (Wildman–Crippen MR) is 93.9 cm³/mol. The van der Waals surface area contributed by atoms with Crippen LogP contribution in [0, 0.1) is 0 Å². The van der Waals surface area contributed by atoms with E-state index in [0.717, 1.165) is 11.1 Å². The number of carbonyl (C=O) groups excluding carboxylic acids is 1. The van der Waals surface area contributed by atoms with Crippen molar-refractivity contribution in [2.24, 2.45) is 0 Å². The Morgan fingerprint density at radius 1 is 1.39 bits per heavy atom. The molecule has 1 fully saturated rings. The number of fused-ring (bicyclic) bond motifs is 1. The summed E-state index contributed by atoms with van der Waals surface area (Å²) in [5.74, 6) is 0.172. The summed E-state index contributed by atoms with van der Waals surface area (Å²) >= 11 is 0. The molecule has 0 aliphatic carbocycles. The number of alkyl halides is 3. The summed E-state index contributed by atoms with van der Waals surface area (Å²) in [5.41, 5.74) is 1.15. The Kier molecular flexibility index (Phi) is 4.59. The molecule has 2 aliphatic rings. The number of hydrogen-bond acceptors (Lipinski definition) is 5. The Hall–Kier alpha value is -2.52. The van der Waals surface area contributed by atoms with Gasteiger partial charge in [-0.15, -0.1) is 0 Å². The summed E-state index contributed by atoms with van der Waals surface area (Å²) in [6.07, 6.45) is -2.42. The molecule has 0 saturated carbocycles. The molecule has 4 heterocycles. The number of anilines is 1. The van der Waals surface area contributed by atoms with Crippen LogP contribution in [0.3, 0.4) is 0 Å². The zero-order chi connectivity index (χ0) is 20.1. The molecular weight excluding hydrogens is 375 g/mol. The largest absolute Gasteiger partial charge is 0.410 e. The molecule has 28 heavy (non-hydrogen) atoms. The Morgan fingerprint density at radius 2 is 2.18 bits per heavy atom. The van der Waals surface area contributed by atoms with E-state index >= 15 is 0 Å². The van der Waals surface area contributed by atoms with Gasteiger partial charge in [0.05, 0.1) is 17.4 Å². The summed E-state index contributed by atoms with van der Waals surface area (Å²) in [7, 11) is 0. The van der Waals surface area contributed by atoms with Crippen molar-refractivity contribution in [3.63, 3.8) is 0 Å². The van der Waals surface area contributed by atoms with Gasteiger partial charge in [-0.3, -0.25) is 4.79 Å². The van der Waals surface area contributed by atoms with Crippen molar-refractivity contribution >= 4 is 11.7 Å². The van der Waals surface area contributed by atoms with E-state index in [1.807, 2.05) is 6.92 Å². The molecule has 10 heteroatoms. The number of nitrogens with zero attached hydrogens (tertiary/aromatic N) is 4. The van der Waals surface area contributed by atoms with E-state index in [0.29, 0.717) is 36.6 Å². The van der Waals surface area contributed by atoms with Crippen molar-refractivity contribution in [1.29, 1.82) is 0 Å².